The average molecular weight is 488 g/mol. The molecule has 3 aromatic carbocycles. The number of para-hydroxylation sites is 1. The number of nitrogens with zero attached hydrogens (tertiary/aromatic N) is 1. The summed E-state index contributed by atoms with van der Waals surface area (Å²) < 4.78 is 0. The Bertz CT molecular complexity index is 1250. The summed E-state index contributed by atoms with van der Waals surface area (Å²) >= 11 is 0. The van der Waals surface area contributed by atoms with Crippen molar-refractivity contribution in [3.8, 4) is 0 Å². The SMILES string of the molecule is CC(C)C[C@@H](NC(CCN1C(=O)c2cc3ccccc3cc2C1=O)C(=O)O)C(=O)Nc1ccccc1. The van der Waals surface area contributed by atoms with Gasteiger partial charge < -0.3 is 10.4 Å². The molecule has 3 aromatic rings. The molecule has 8 heteroatoms. The zero-order valence-electron chi connectivity index (χ0n) is 20.2. The number of amides is 3. The molecule has 0 spiro atoms. The van der Waals surface area contributed by atoms with Gasteiger partial charge in [0.15, 0.2) is 0 Å². The topological polar surface area (TPSA) is 116 Å². The zero-order valence-corrected chi connectivity index (χ0v) is 20.2. The first-order valence-electron chi connectivity index (χ1n) is 12.0. The number of rotatable bonds is 10. The summed E-state index contributed by atoms with van der Waals surface area (Å²) in [5, 5.41) is 17.3. The van der Waals surface area contributed by atoms with E-state index in [1.807, 2.05) is 44.2 Å². The lowest BCUT2D eigenvalue weighted by atomic mass is 10.0. The van der Waals surface area contributed by atoms with Gasteiger partial charge in [0, 0.05) is 12.2 Å². The van der Waals surface area contributed by atoms with Crippen molar-refractivity contribution in [3.63, 3.8) is 0 Å². The third-order valence-electron chi connectivity index (χ3n) is 6.24. The van der Waals surface area contributed by atoms with Crippen LogP contribution in [0.25, 0.3) is 10.8 Å². The van der Waals surface area contributed by atoms with E-state index >= 15 is 0 Å². The van der Waals surface area contributed by atoms with Crippen LogP contribution >= 0.6 is 0 Å². The molecule has 0 saturated carbocycles. The van der Waals surface area contributed by atoms with E-state index in [1.54, 1.807) is 36.4 Å². The number of fused-ring (bicyclic) bond motifs is 2. The normalized spacial score (nSPS) is 14.7. The van der Waals surface area contributed by atoms with Gasteiger partial charge in [0.2, 0.25) is 5.91 Å². The minimum absolute atomic E-state index is 0.0342. The van der Waals surface area contributed by atoms with E-state index in [-0.39, 0.29) is 24.8 Å². The summed E-state index contributed by atoms with van der Waals surface area (Å²) in [5.41, 5.74) is 1.25. The third-order valence-corrected chi connectivity index (χ3v) is 6.24. The molecule has 0 bridgehead atoms. The number of nitrogens with one attached hydrogen (secondary N) is 2. The van der Waals surface area contributed by atoms with Crippen LogP contribution in [0.2, 0.25) is 0 Å². The maximum Gasteiger partial charge on any atom is 0.320 e. The second kappa shape index (κ2) is 10.7. The molecule has 0 radical (unpaired) electrons. The Morgan fingerprint density at radius 1 is 0.861 bits per heavy atom. The molecule has 8 nitrogen and oxygen atoms in total. The van der Waals surface area contributed by atoms with E-state index < -0.39 is 29.9 Å². The number of hydrogen-bond acceptors (Lipinski definition) is 5. The molecule has 0 aromatic heterocycles. The monoisotopic (exact) mass is 487 g/mol. The maximum absolute atomic E-state index is 13.0. The number of anilines is 1. The highest BCUT2D eigenvalue weighted by molar-refractivity contribution is 6.23. The van der Waals surface area contributed by atoms with Gasteiger partial charge in [0.05, 0.1) is 17.2 Å². The van der Waals surface area contributed by atoms with Gasteiger partial charge in [-0.15, -0.1) is 0 Å². The van der Waals surface area contributed by atoms with Crippen LogP contribution in [0.4, 0.5) is 5.69 Å². The lowest BCUT2D eigenvalue weighted by molar-refractivity contribution is -0.140. The Balaban J connectivity index is 1.47. The Kier molecular flexibility index (Phi) is 7.45. The predicted molar refractivity (Wildman–Crippen MR) is 137 cm³/mol. The van der Waals surface area contributed by atoms with E-state index in [9.17, 15) is 24.3 Å². The van der Waals surface area contributed by atoms with Crippen molar-refractivity contribution in [1.82, 2.24) is 10.2 Å². The van der Waals surface area contributed by atoms with E-state index in [2.05, 4.69) is 10.6 Å². The molecule has 0 saturated heterocycles. The molecule has 3 N–H and O–H groups in total. The highest BCUT2D eigenvalue weighted by Crippen LogP contribution is 2.28. The van der Waals surface area contributed by atoms with Crippen molar-refractivity contribution >= 4 is 40.2 Å². The van der Waals surface area contributed by atoms with E-state index in [1.165, 1.54) is 0 Å². The van der Waals surface area contributed by atoms with Crippen molar-refractivity contribution in [2.24, 2.45) is 5.92 Å². The highest BCUT2D eigenvalue weighted by Gasteiger charge is 2.37. The highest BCUT2D eigenvalue weighted by atomic mass is 16.4. The quantitative estimate of drug-likeness (QED) is 0.373. The second-order valence-corrected chi connectivity index (χ2v) is 9.39. The molecule has 3 amide bonds. The fourth-order valence-electron chi connectivity index (χ4n) is 4.43. The third kappa shape index (κ3) is 5.44. The summed E-state index contributed by atoms with van der Waals surface area (Å²) in [6.45, 7) is 3.81. The van der Waals surface area contributed by atoms with Gasteiger partial charge in [0.1, 0.15) is 6.04 Å². The summed E-state index contributed by atoms with van der Waals surface area (Å²) in [7, 11) is 0. The van der Waals surface area contributed by atoms with Crippen LogP contribution in [-0.4, -0.2) is 52.3 Å². The molecule has 1 aliphatic heterocycles. The number of carboxylic acids is 1. The number of carbonyl (C=O) groups is 4. The van der Waals surface area contributed by atoms with Crippen LogP contribution in [-0.2, 0) is 9.59 Å². The van der Waals surface area contributed by atoms with Gasteiger partial charge in [0.25, 0.3) is 11.8 Å². The van der Waals surface area contributed by atoms with Crippen molar-refractivity contribution < 1.29 is 24.3 Å². The van der Waals surface area contributed by atoms with Gasteiger partial charge in [-0.3, -0.25) is 29.4 Å². The van der Waals surface area contributed by atoms with Gasteiger partial charge in [-0.2, -0.15) is 0 Å². The number of benzene rings is 3. The summed E-state index contributed by atoms with van der Waals surface area (Å²) in [5.74, 6) is -2.24. The van der Waals surface area contributed by atoms with E-state index in [4.69, 9.17) is 0 Å². The number of imide groups is 1. The van der Waals surface area contributed by atoms with Crippen molar-refractivity contribution in [2.75, 3.05) is 11.9 Å². The molecule has 0 aliphatic carbocycles. The summed E-state index contributed by atoms with van der Waals surface area (Å²) in [4.78, 5) is 52.1. The van der Waals surface area contributed by atoms with Gasteiger partial charge in [-0.05, 0) is 53.8 Å². The largest absolute Gasteiger partial charge is 0.480 e. The van der Waals surface area contributed by atoms with Crippen LogP contribution in [0.1, 0.15) is 47.4 Å². The molecule has 0 fully saturated rings. The molecule has 2 atom stereocenters. The summed E-state index contributed by atoms with van der Waals surface area (Å²) in [6, 6.07) is 17.9. The van der Waals surface area contributed by atoms with Crippen LogP contribution < -0.4 is 10.6 Å². The van der Waals surface area contributed by atoms with Crippen LogP contribution in [0.3, 0.4) is 0 Å². The first-order chi connectivity index (χ1) is 17.2. The molecular formula is C28H29N3O5. The molecule has 1 aliphatic rings. The van der Waals surface area contributed by atoms with Crippen LogP contribution in [0.5, 0.6) is 0 Å². The number of aliphatic carboxylic acids is 1. The number of carbonyl (C=O) groups excluding carboxylic acids is 3. The van der Waals surface area contributed by atoms with Crippen LogP contribution in [0.15, 0.2) is 66.7 Å². The second-order valence-electron chi connectivity index (χ2n) is 9.39. The molecule has 186 valence electrons. The lowest BCUT2D eigenvalue weighted by Gasteiger charge is -2.25. The Hall–Kier alpha value is -4.04. The molecule has 4 rings (SSSR count). The van der Waals surface area contributed by atoms with E-state index in [0.717, 1.165) is 15.7 Å². The Morgan fingerprint density at radius 3 is 1.94 bits per heavy atom. The first kappa shape index (κ1) is 25.1. The molecule has 1 unspecified atom stereocenters. The Labute approximate surface area is 209 Å². The lowest BCUT2D eigenvalue weighted by Crippen LogP contribution is -2.50. The van der Waals surface area contributed by atoms with Crippen molar-refractivity contribution in [1.29, 1.82) is 0 Å². The first-order valence-corrected chi connectivity index (χ1v) is 12.0. The molecule has 1 heterocycles. The van der Waals surface area contributed by atoms with Crippen LogP contribution in [0, 0.1) is 5.92 Å². The molecular weight excluding hydrogens is 458 g/mol. The minimum Gasteiger partial charge on any atom is -0.480 e. The number of carboxylic acid groups (broad SMARTS) is 1. The predicted octanol–water partition coefficient (Wildman–Crippen LogP) is 3.92. The standard InChI is InChI=1S/C28H29N3O5/c1-17(2)14-24(25(32)29-20-10-4-3-5-11-20)30-23(28(35)36)12-13-31-26(33)21-15-18-8-6-7-9-19(18)16-22(21)27(31)34/h3-11,15-17,23-24,30H,12-14H2,1-2H3,(H,29,32)(H,35,36)/t23?,24-/m1/s1. The van der Waals surface area contributed by atoms with Crippen molar-refractivity contribution in [2.45, 2.75) is 38.8 Å². The number of hydrogen-bond donors (Lipinski definition) is 3. The molecule has 36 heavy (non-hydrogen) atoms. The fourth-order valence-corrected chi connectivity index (χ4v) is 4.43. The van der Waals surface area contributed by atoms with Gasteiger partial charge in [-0.1, -0.05) is 56.3 Å². The Morgan fingerprint density at radius 2 is 1.42 bits per heavy atom. The van der Waals surface area contributed by atoms with Gasteiger partial charge >= 0.3 is 5.97 Å². The fraction of sp³-hybridized carbons (Fsp3) is 0.286. The average Bonchev–Trinajstić information content (AvgIpc) is 3.08. The van der Waals surface area contributed by atoms with Gasteiger partial charge in [-0.25, -0.2) is 0 Å². The maximum atomic E-state index is 13.0. The minimum atomic E-state index is -1.15. The van der Waals surface area contributed by atoms with E-state index in [0.29, 0.717) is 23.2 Å². The zero-order chi connectivity index (χ0) is 25.8. The summed E-state index contributed by atoms with van der Waals surface area (Å²) in [6.07, 6.45) is 0.385. The van der Waals surface area contributed by atoms with Crippen molar-refractivity contribution in [3.05, 3.63) is 77.9 Å². The smallest absolute Gasteiger partial charge is 0.320 e.